The van der Waals surface area contributed by atoms with E-state index in [1.165, 1.54) is 37.1 Å². The van der Waals surface area contributed by atoms with Gasteiger partial charge in [-0.25, -0.2) is 9.78 Å². The average Bonchev–Trinajstić information content (AvgIpc) is 3.38. The Balaban J connectivity index is 1.44. The first-order valence-electron chi connectivity index (χ1n) is 10.1. The molecular formula is C22H23N3O5. The van der Waals surface area contributed by atoms with Crippen LogP contribution in [0.5, 0.6) is 5.75 Å². The van der Waals surface area contributed by atoms with Gasteiger partial charge in [0.1, 0.15) is 11.9 Å². The molecule has 1 aliphatic rings. The van der Waals surface area contributed by atoms with Crippen molar-refractivity contribution in [1.29, 1.82) is 0 Å². The van der Waals surface area contributed by atoms with Gasteiger partial charge in [0.2, 0.25) is 0 Å². The van der Waals surface area contributed by atoms with E-state index in [9.17, 15) is 14.9 Å². The molecule has 0 N–H and O–H groups in total. The Bertz CT molecular complexity index is 1020. The van der Waals surface area contributed by atoms with Crippen LogP contribution in [-0.4, -0.2) is 26.7 Å². The van der Waals surface area contributed by atoms with Crippen LogP contribution in [0.25, 0.3) is 11.0 Å². The lowest BCUT2D eigenvalue weighted by atomic mass is 10.00. The number of para-hydroxylation sites is 2. The van der Waals surface area contributed by atoms with E-state index in [1.54, 1.807) is 6.33 Å². The normalized spacial score (nSPS) is 15.2. The largest absolute Gasteiger partial charge is 0.514 e. The fourth-order valence-corrected chi connectivity index (χ4v) is 4.05. The van der Waals surface area contributed by atoms with Crippen LogP contribution in [0.15, 0.2) is 54.9 Å². The predicted octanol–water partition coefficient (Wildman–Crippen LogP) is 5.11. The first-order chi connectivity index (χ1) is 14.6. The van der Waals surface area contributed by atoms with E-state index in [1.807, 2.05) is 28.8 Å². The van der Waals surface area contributed by atoms with Crippen molar-refractivity contribution < 1.29 is 19.2 Å². The van der Waals surface area contributed by atoms with E-state index in [4.69, 9.17) is 9.47 Å². The fourth-order valence-electron chi connectivity index (χ4n) is 4.05. The van der Waals surface area contributed by atoms with E-state index in [0.29, 0.717) is 12.5 Å². The van der Waals surface area contributed by atoms with Gasteiger partial charge >= 0.3 is 6.16 Å². The SMILES string of the molecule is O=C(Oc1ccc([N+](=O)[O-])cc1)OC(CC1CCCC1)Cn1cnc2ccccc21. The molecule has 0 saturated heterocycles. The number of imidazole rings is 1. The summed E-state index contributed by atoms with van der Waals surface area (Å²) in [5, 5.41) is 10.8. The molecule has 2 aromatic carbocycles. The second-order valence-corrected chi connectivity index (χ2v) is 7.61. The van der Waals surface area contributed by atoms with Crippen LogP contribution in [0.4, 0.5) is 10.5 Å². The summed E-state index contributed by atoms with van der Waals surface area (Å²) in [6.45, 7) is 0.492. The van der Waals surface area contributed by atoms with Gasteiger partial charge in [0.25, 0.3) is 5.69 Å². The zero-order chi connectivity index (χ0) is 20.9. The number of ether oxygens (including phenoxy) is 2. The second-order valence-electron chi connectivity index (χ2n) is 7.61. The monoisotopic (exact) mass is 409 g/mol. The molecule has 0 radical (unpaired) electrons. The summed E-state index contributed by atoms with van der Waals surface area (Å²) in [7, 11) is 0. The van der Waals surface area contributed by atoms with Crippen LogP contribution >= 0.6 is 0 Å². The lowest BCUT2D eigenvalue weighted by Gasteiger charge is -2.21. The maximum Gasteiger partial charge on any atom is 0.514 e. The molecule has 0 bridgehead atoms. The minimum Gasteiger partial charge on any atom is -0.429 e. The van der Waals surface area contributed by atoms with Gasteiger partial charge in [0.15, 0.2) is 0 Å². The maximum atomic E-state index is 12.4. The van der Waals surface area contributed by atoms with E-state index in [2.05, 4.69) is 4.98 Å². The predicted molar refractivity (Wildman–Crippen MR) is 110 cm³/mol. The summed E-state index contributed by atoms with van der Waals surface area (Å²) in [4.78, 5) is 27.1. The summed E-state index contributed by atoms with van der Waals surface area (Å²) in [6, 6.07) is 13.2. The Morgan fingerprint density at radius 3 is 2.63 bits per heavy atom. The Morgan fingerprint density at radius 2 is 1.90 bits per heavy atom. The molecule has 0 spiro atoms. The molecule has 4 rings (SSSR count). The molecule has 1 unspecified atom stereocenters. The summed E-state index contributed by atoms with van der Waals surface area (Å²) in [6.07, 6.45) is 6.06. The topological polar surface area (TPSA) is 96.5 Å². The number of benzene rings is 2. The van der Waals surface area contributed by atoms with Crippen LogP contribution in [0, 0.1) is 16.0 Å². The zero-order valence-electron chi connectivity index (χ0n) is 16.5. The number of nitro groups is 1. The van der Waals surface area contributed by atoms with Gasteiger partial charge in [-0.05, 0) is 36.6 Å². The Morgan fingerprint density at radius 1 is 1.17 bits per heavy atom. The number of aromatic nitrogens is 2. The highest BCUT2D eigenvalue weighted by molar-refractivity contribution is 5.75. The highest BCUT2D eigenvalue weighted by Gasteiger charge is 2.25. The molecule has 0 amide bonds. The zero-order valence-corrected chi connectivity index (χ0v) is 16.5. The average molecular weight is 409 g/mol. The number of nitrogens with zero attached hydrogens (tertiary/aromatic N) is 3. The van der Waals surface area contributed by atoms with E-state index < -0.39 is 11.1 Å². The summed E-state index contributed by atoms with van der Waals surface area (Å²) >= 11 is 0. The Kier molecular flexibility index (Phi) is 5.92. The van der Waals surface area contributed by atoms with Gasteiger partial charge in [-0.3, -0.25) is 10.1 Å². The highest BCUT2D eigenvalue weighted by Crippen LogP contribution is 2.30. The summed E-state index contributed by atoms with van der Waals surface area (Å²) in [5.74, 6) is 0.732. The van der Waals surface area contributed by atoms with Crippen molar-refractivity contribution in [1.82, 2.24) is 9.55 Å². The molecule has 30 heavy (non-hydrogen) atoms. The van der Waals surface area contributed by atoms with Crippen molar-refractivity contribution in [3.05, 3.63) is 65.0 Å². The van der Waals surface area contributed by atoms with Crippen LogP contribution in [0.3, 0.4) is 0 Å². The minimum atomic E-state index is -0.809. The minimum absolute atomic E-state index is 0.0678. The quantitative estimate of drug-likeness (QED) is 0.233. The van der Waals surface area contributed by atoms with Crippen LogP contribution in [0.2, 0.25) is 0 Å². The van der Waals surface area contributed by atoms with Crippen molar-refractivity contribution in [3.63, 3.8) is 0 Å². The summed E-state index contributed by atoms with van der Waals surface area (Å²) < 4.78 is 12.9. The van der Waals surface area contributed by atoms with E-state index in [-0.39, 0.29) is 17.5 Å². The van der Waals surface area contributed by atoms with Crippen molar-refractivity contribution in [2.75, 3.05) is 0 Å². The van der Waals surface area contributed by atoms with Gasteiger partial charge in [-0.1, -0.05) is 37.8 Å². The molecule has 8 heteroatoms. The first kappa shape index (κ1) is 19.9. The van der Waals surface area contributed by atoms with E-state index >= 15 is 0 Å². The van der Waals surface area contributed by atoms with Gasteiger partial charge in [-0.2, -0.15) is 0 Å². The first-order valence-corrected chi connectivity index (χ1v) is 10.1. The third-order valence-corrected chi connectivity index (χ3v) is 5.51. The molecule has 156 valence electrons. The molecule has 0 aliphatic heterocycles. The molecule has 1 atom stereocenters. The van der Waals surface area contributed by atoms with Gasteiger partial charge in [0, 0.05) is 12.1 Å². The standard InChI is InChI=1S/C22H23N3O5/c26-22(29-18-11-9-17(10-12-18)25(27)28)30-19(13-16-5-1-2-6-16)14-24-15-23-20-7-3-4-8-21(20)24/h3-4,7-12,15-16,19H,1-2,5-6,13-14H2. The molecule has 1 heterocycles. The number of hydrogen-bond acceptors (Lipinski definition) is 6. The number of nitro benzene ring substituents is 1. The second kappa shape index (κ2) is 8.94. The van der Waals surface area contributed by atoms with Crippen molar-refractivity contribution in [2.24, 2.45) is 5.92 Å². The number of hydrogen-bond donors (Lipinski definition) is 0. The van der Waals surface area contributed by atoms with Crippen LogP contribution < -0.4 is 4.74 Å². The van der Waals surface area contributed by atoms with Crippen molar-refractivity contribution in [2.45, 2.75) is 44.8 Å². The van der Waals surface area contributed by atoms with Gasteiger partial charge in [-0.15, -0.1) is 0 Å². The smallest absolute Gasteiger partial charge is 0.429 e. The maximum absolute atomic E-state index is 12.4. The van der Waals surface area contributed by atoms with Gasteiger partial charge < -0.3 is 14.0 Å². The number of carbonyl (C=O) groups is 1. The molecule has 1 saturated carbocycles. The lowest BCUT2D eigenvalue weighted by molar-refractivity contribution is -0.384. The number of rotatable bonds is 7. The number of carbonyl (C=O) groups excluding carboxylic acids is 1. The molecule has 1 aliphatic carbocycles. The van der Waals surface area contributed by atoms with Crippen molar-refractivity contribution >= 4 is 22.9 Å². The van der Waals surface area contributed by atoms with Gasteiger partial charge in [0.05, 0.1) is 28.8 Å². The highest BCUT2D eigenvalue weighted by atomic mass is 16.7. The van der Waals surface area contributed by atoms with Crippen LogP contribution in [0.1, 0.15) is 32.1 Å². The van der Waals surface area contributed by atoms with Crippen molar-refractivity contribution in [3.8, 4) is 5.75 Å². The third-order valence-electron chi connectivity index (χ3n) is 5.51. The lowest BCUT2D eigenvalue weighted by Crippen LogP contribution is -2.27. The van der Waals surface area contributed by atoms with E-state index in [0.717, 1.165) is 30.3 Å². The third kappa shape index (κ3) is 4.76. The molecule has 8 nitrogen and oxygen atoms in total. The Labute approximate surface area is 173 Å². The Hall–Kier alpha value is -3.42. The molecule has 1 aromatic heterocycles. The summed E-state index contributed by atoms with van der Waals surface area (Å²) in [5.41, 5.74) is 1.81. The van der Waals surface area contributed by atoms with Crippen LogP contribution in [-0.2, 0) is 11.3 Å². The number of non-ortho nitro benzene ring substituents is 1. The molecule has 3 aromatic rings. The molecular weight excluding hydrogens is 386 g/mol. The number of fused-ring (bicyclic) bond motifs is 1. The fraction of sp³-hybridized carbons (Fsp3) is 0.364. The molecule has 1 fully saturated rings.